The van der Waals surface area contributed by atoms with Crippen molar-refractivity contribution in [3.63, 3.8) is 0 Å². The summed E-state index contributed by atoms with van der Waals surface area (Å²) in [6, 6.07) is 0.385. The van der Waals surface area contributed by atoms with Gasteiger partial charge in [-0.15, -0.1) is 0 Å². The third kappa shape index (κ3) is 2.85. The van der Waals surface area contributed by atoms with Crippen LogP contribution in [0.5, 0.6) is 0 Å². The van der Waals surface area contributed by atoms with Crippen LogP contribution in [-0.2, 0) is 5.54 Å². The lowest BCUT2D eigenvalue weighted by Gasteiger charge is -2.22. The summed E-state index contributed by atoms with van der Waals surface area (Å²) < 4.78 is 2.10. The van der Waals surface area contributed by atoms with Crippen LogP contribution in [0.1, 0.15) is 58.3 Å². The molecule has 0 radical (unpaired) electrons. The molecule has 1 atom stereocenters. The number of aromatic nitrogens is 2. The molecule has 3 nitrogen and oxygen atoms in total. The first-order valence-corrected chi connectivity index (χ1v) is 6.16. The molecule has 0 aliphatic carbocycles. The molecule has 92 valence electrons. The van der Waals surface area contributed by atoms with Gasteiger partial charge in [-0.25, -0.2) is 0 Å². The number of hydrogen-bond acceptors (Lipinski definition) is 2. The molecule has 0 bridgehead atoms. The van der Waals surface area contributed by atoms with E-state index in [1.807, 2.05) is 6.20 Å². The molecule has 3 heteroatoms. The van der Waals surface area contributed by atoms with E-state index in [1.165, 1.54) is 11.3 Å². The maximum atomic E-state index is 4.49. The number of rotatable bonds is 4. The highest BCUT2D eigenvalue weighted by molar-refractivity contribution is 5.21. The van der Waals surface area contributed by atoms with Gasteiger partial charge in [-0.05, 0) is 47.6 Å². The molecule has 0 aromatic carbocycles. The summed E-state index contributed by atoms with van der Waals surface area (Å²) in [4.78, 5) is 0. The summed E-state index contributed by atoms with van der Waals surface area (Å²) in [5.74, 6) is 0. The summed E-state index contributed by atoms with van der Waals surface area (Å²) in [6.45, 7) is 14.1. The molecule has 1 heterocycles. The maximum absolute atomic E-state index is 4.49. The Kier molecular flexibility index (Phi) is 4.14. The van der Waals surface area contributed by atoms with E-state index in [-0.39, 0.29) is 5.54 Å². The molecule has 1 aromatic heterocycles. The molecule has 1 rings (SSSR count). The molecule has 1 aromatic rings. The van der Waals surface area contributed by atoms with Crippen LogP contribution in [0.25, 0.3) is 0 Å². The molecule has 1 unspecified atom stereocenters. The molecule has 0 amide bonds. The average molecular weight is 223 g/mol. The molecule has 1 N–H and O–H groups in total. The summed E-state index contributed by atoms with van der Waals surface area (Å²) in [7, 11) is 0. The van der Waals surface area contributed by atoms with Crippen LogP contribution < -0.4 is 5.32 Å². The SMILES string of the molecule is CCCNC(C)c1cnn(C(C)(C)C)c1C. The standard InChI is InChI=1S/C13H25N3/c1-7-8-14-10(2)12-9-15-16(11(12)3)13(4,5)6/h9-10,14H,7-8H2,1-6H3. The number of nitrogens with one attached hydrogen (secondary N) is 1. The number of hydrogen-bond donors (Lipinski definition) is 1. The highest BCUT2D eigenvalue weighted by atomic mass is 15.3. The Morgan fingerprint density at radius 2 is 2.06 bits per heavy atom. The summed E-state index contributed by atoms with van der Waals surface area (Å²) in [5, 5.41) is 7.99. The molecule has 0 saturated heterocycles. The van der Waals surface area contributed by atoms with Gasteiger partial charge in [0.15, 0.2) is 0 Å². The average Bonchev–Trinajstić information content (AvgIpc) is 2.56. The van der Waals surface area contributed by atoms with Crippen LogP contribution in [0.4, 0.5) is 0 Å². The minimum Gasteiger partial charge on any atom is -0.310 e. The van der Waals surface area contributed by atoms with Gasteiger partial charge in [0.2, 0.25) is 0 Å². The van der Waals surface area contributed by atoms with Crippen LogP contribution in [0, 0.1) is 6.92 Å². The first-order valence-electron chi connectivity index (χ1n) is 6.16. The summed E-state index contributed by atoms with van der Waals surface area (Å²) in [5.41, 5.74) is 2.64. The first kappa shape index (κ1) is 13.2. The Balaban J connectivity index is 2.87. The van der Waals surface area contributed by atoms with Gasteiger partial charge in [-0.2, -0.15) is 5.10 Å². The Morgan fingerprint density at radius 3 is 2.50 bits per heavy atom. The number of nitrogens with zero attached hydrogens (tertiary/aromatic N) is 2. The topological polar surface area (TPSA) is 29.9 Å². The lowest BCUT2D eigenvalue weighted by molar-refractivity contribution is 0.347. The third-order valence-corrected chi connectivity index (χ3v) is 2.85. The van der Waals surface area contributed by atoms with E-state index in [0.717, 1.165) is 13.0 Å². The van der Waals surface area contributed by atoms with E-state index in [4.69, 9.17) is 0 Å². The largest absolute Gasteiger partial charge is 0.310 e. The van der Waals surface area contributed by atoms with Gasteiger partial charge in [0.25, 0.3) is 0 Å². The van der Waals surface area contributed by atoms with Crippen molar-refractivity contribution in [1.29, 1.82) is 0 Å². The quantitative estimate of drug-likeness (QED) is 0.850. The van der Waals surface area contributed by atoms with Crippen molar-refractivity contribution in [3.05, 3.63) is 17.5 Å². The zero-order valence-corrected chi connectivity index (χ0v) is 11.5. The second-order valence-electron chi connectivity index (χ2n) is 5.44. The Bertz CT molecular complexity index is 333. The van der Waals surface area contributed by atoms with E-state index in [2.05, 4.69) is 56.6 Å². The van der Waals surface area contributed by atoms with Crippen molar-refractivity contribution in [2.24, 2.45) is 0 Å². The van der Waals surface area contributed by atoms with Gasteiger partial charge in [0.1, 0.15) is 0 Å². The van der Waals surface area contributed by atoms with E-state index < -0.39 is 0 Å². The van der Waals surface area contributed by atoms with E-state index in [9.17, 15) is 0 Å². The van der Waals surface area contributed by atoms with Gasteiger partial charge in [0.05, 0.1) is 11.7 Å². The lowest BCUT2D eigenvalue weighted by Crippen LogP contribution is -2.25. The second kappa shape index (κ2) is 5.00. The van der Waals surface area contributed by atoms with Gasteiger partial charge < -0.3 is 5.32 Å². The fourth-order valence-electron chi connectivity index (χ4n) is 1.99. The van der Waals surface area contributed by atoms with Gasteiger partial charge in [-0.3, -0.25) is 4.68 Å². The predicted molar refractivity (Wildman–Crippen MR) is 68.7 cm³/mol. The predicted octanol–water partition coefficient (Wildman–Crippen LogP) is 3.01. The molecular weight excluding hydrogens is 198 g/mol. The van der Waals surface area contributed by atoms with E-state index in [1.54, 1.807) is 0 Å². The highest BCUT2D eigenvalue weighted by Crippen LogP contribution is 2.22. The lowest BCUT2D eigenvalue weighted by atomic mass is 10.1. The molecule has 0 saturated carbocycles. The van der Waals surface area contributed by atoms with Crippen molar-refractivity contribution >= 4 is 0 Å². The molecule has 0 fully saturated rings. The molecule has 0 spiro atoms. The first-order chi connectivity index (χ1) is 7.38. The monoisotopic (exact) mass is 223 g/mol. The van der Waals surface area contributed by atoms with Gasteiger partial charge >= 0.3 is 0 Å². The van der Waals surface area contributed by atoms with Crippen LogP contribution in [0.2, 0.25) is 0 Å². The van der Waals surface area contributed by atoms with Crippen LogP contribution >= 0.6 is 0 Å². The van der Waals surface area contributed by atoms with Crippen molar-refractivity contribution in [2.45, 2.75) is 59.5 Å². The van der Waals surface area contributed by atoms with Gasteiger partial charge in [-0.1, -0.05) is 6.92 Å². The Labute approximate surface area is 99.2 Å². The normalized spacial score (nSPS) is 14.1. The third-order valence-electron chi connectivity index (χ3n) is 2.85. The maximum Gasteiger partial charge on any atom is 0.0546 e. The molecular formula is C13H25N3. The van der Waals surface area contributed by atoms with Crippen LogP contribution in [-0.4, -0.2) is 16.3 Å². The molecule has 16 heavy (non-hydrogen) atoms. The Morgan fingerprint density at radius 1 is 1.44 bits per heavy atom. The molecule has 0 aliphatic heterocycles. The van der Waals surface area contributed by atoms with Crippen molar-refractivity contribution in [3.8, 4) is 0 Å². The summed E-state index contributed by atoms with van der Waals surface area (Å²) >= 11 is 0. The van der Waals surface area contributed by atoms with Crippen LogP contribution in [0.15, 0.2) is 6.20 Å². The summed E-state index contributed by atoms with van der Waals surface area (Å²) in [6.07, 6.45) is 3.16. The Hall–Kier alpha value is -0.830. The molecule has 0 aliphatic rings. The second-order valence-corrected chi connectivity index (χ2v) is 5.44. The van der Waals surface area contributed by atoms with Crippen molar-refractivity contribution in [1.82, 2.24) is 15.1 Å². The fourth-order valence-corrected chi connectivity index (χ4v) is 1.99. The highest BCUT2D eigenvalue weighted by Gasteiger charge is 2.20. The fraction of sp³-hybridized carbons (Fsp3) is 0.769. The zero-order chi connectivity index (χ0) is 12.3. The minimum atomic E-state index is 0.0623. The van der Waals surface area contributed by atoms with Crippen molar-refractivity contribution < 1.29 is 0 Å². The van der Waals surface area contributed by atoms with Crippen LogP contribution in [0.3, 0.4) is 0 Å². The zero-order valence-electron chi connectivity index (χ0n) is 11.5. The minimum absolute atomic E-state index is 0.0623. The van der Waals surface area contributed by atoms with E-state index in [0.29, 0.717) is 6.04 Å². The van der Waals surface area contributed by atoms with E-state index >= 15 is 0 Å². The van der Waals surface area contributed by atoms with Crippen molar-refractivity contribution in [2.75, 3.05) is 6.54 Å². The smallest absolute Gasteiger partial charge is 0.0546 e. The van der Waals surface area contributed by atoms with Gasteiger partial charge in [0, 0.05) is 17.3 Å².